The molecule has 1 aromatic rings. The minimum absolute atomic E-state index is 0.109. The molecule has 0 aliphatic rings. The van der Waals surface area contributed by atoms with Crippen molar-refractivity contribution in [3.05, 3.63) is 20.8 Å². The van der Waals surface area contributed by atoms with Crippen molar-refractivity contribution in [1.29, 1.82) is 0 Å². The highest BCUT2D eigenvalue weighted by atomic mass is 79.9. The van der Waals surface area contributed by atoms with E-state index in [1.54, 1.807) is 11.3 Å². The summed E-state index contributed by atoms with van der Waals surface area (Å²) in [6.45, 7) is 6.81. The van der Waals surface area contributed by atoms with Crippen LogP contribution in [-0.4, -0.2) is 18.2 Å². The van der Waals surface area contributed by atoms with Crippen LogP contribution >= 0.6 is 27.3 Å². The van der Waals surface area contributed by atoms with Crippen LogP contribution in [0.25, 0.3) is 0 Å². The lowest BCUT2D eigenvalue weighted by atomic mass is 9.95. The van der Waals surface area contributed by atoms with Gasteiger partial charge in [0.25, 0.3) is 0 Å². The highest BCUT2D eigenvalue weighted by Gasteiger charge is 2.29. The fourth-order valence-corrected chi connectivity index (χ4v) is 3.14. The number of nitrogens with two attached hydrogens (primary N) is 1. The molecule has 1 rings (SSSR count). The second-order valence-corrected chi connectivity index (χ2v) is 6.10. The number of thiophene rings is 1. The van der Waals surface area contributed by atoms with Gasteiger partial charge in [0.05, 0.1) is 11.6 Å². The summed E-state index contributed by atoms with van der Waals surface area (Å²) in [5, 5.41) is 2.08. The standard InChI is InChI=1S/C11H19BrN2OS/c1-4-15-11(2,3)10(14-13)6-9-5-8(12)7-16-9/h5,7,10,14H,4,6,13H2,1-3H3. The largest absolute Gasteiger partial charge is 0.374 e. The minimum Gasteiger partial charge on any atom is -0.374 e. The van der Waals surface area contributed by atoms with Crippen molar-refractivity contribution in [2.75, 3.05) is 6.61 Å². The third kappa shape index (κ3) is 3.82. The van der Waals surface area contributed by atoms with Gasteiger partial charge in [-0.15, -0.1) is 11.3 Å². The molecule has 0 aromatic carbocycles. The molecule has 16 heavy (non-hydrogen) atoms. The van der Waals surface area contributed by atoms with Crippen molar-refractivity contribution in [2.24, 2.45) is 5.84 Å². The normalized spacial score (nSPS) is 14.1. The predicted molar refractivity (Wildman–Crippen MR) is 72.5 cm³/mol. The molecule has 0 saturated heterocycles. The third-order valence-corrected chi connectivity index (χ3v) is 4.30. The van der Waals surface area contributed by atoms with Gasteiger partial charge in [0.2, 0.25) is 0 Å². The summed E-state index contributed by atoms with van der Waals surface area (Å²) in [6.07, 6.45) is 0.875. The summed E-state index contributed by atoms with van der Waals surface area (Å²) in [7, 11) is 0. The van der Waals surface area contributed by atoms with Gasteiger partial charge in [-0.05, 0) is 42.8 Å². The average molecular weight is 307 g/mol. The molecule has 0 amide bonds. The van der Waals surface area contributed by atoms with E-state index in [1.807, 2.05) is 6.92 Å². The average Bonchev–Trinajstić information content (AvgIpc) is 2.60. The Balaban J connectivity index is 2.68. The van der Waals surface area contributed by atoms with E-state index in [4.69, 9.17) is 10.6 Å². The molecule has 5 heteroatoms. The van der Waals surface area contributed by atoms with Crippen molar-refractivity contribution >= 4 is 27.3 Å². The van der Waals surface area contributed by atoms with E-state index in [9.17, 15) is 0 Å². The number of rotatable bonds is 6. The van der Waals surface area contributed by atoms with Crippen LogP contribution in [0, 0.1) is 0 Å². The summed E-state index contributed by atoms with van der Waals surface area (Å²) >= 11 is 5.18. The number of hydrogen-bond acceptors (Lipinski definition) is 4. The van der Waals surface area contributed by atoms with Gasteiger partial charge in [-0.3, -0.25) is 11.3 Å². The molecule has 0 aliphatic heterocycles. The lowest BCUT2D eigenvalue weighted by molar-refractivity contribution is -0.0379. The summed E-state index contributed by atoms with van der Waals surface area (Å²) in [5.74, 6) is 5.61. The van der Waals surface area contributed by atoms with Gasteiger partial charge >= 0.3 is 0 Å². The topological polar surface area (TPSA) is 47.3 Å². The first-order chi connectivity index (χ1) is 7.49. The van der Waals surface area contributed by atoms with Crippen LogP contribution in [0.15, 0.2) is 15.9 Å². The van der Waals surface area contributed by atoms with Crippen molar-refractivity contribution in [3.8, 4) is 0 Å². The summed E-state index contributed by atoms with van der Waals surface area (Å²) in [5.41, 5.74) is 2.59. The molecular formula is C11H19BrN2OS. The Morgan fingerprint density at radius 1 is 1.62 bits per heavy atom. The zero-order valence-corrected chi connectivity index (χ0v) is 12.3. The van der Waals surface area contributed by atoms with Crippen LogP contribution in [0.3, 0.4) is 0 Å². The first kappa shape index (κ1) is 14.1. The van der Waals surface area contributed by atoms with E-state index in [2.05, 4.69) is 46.6 Å². The molecule has 3 nitrogen and oxygen atoms in total. The van der Waals surface area contributed by atoms with Crippen molar-refractivity contribution in [2.45, 2.75) is 38.8 Å². The van der Waals surface area contributed by atoms with E-state index in [0.29, 0.717) is 6.61 Å². The Kier molecular flexibility index (Phi) is 5.40. The highest BCUT2D eigenvalue weighted by Crippen LogP contribution is 2.24. The van der Waals surface area contributed by atoms with Crippen LogP contribution in [0.4, 0.5) is 0 Å². The van der Waals surface area contributed by atoms with Crippen molar-refractivity contribution in [1.82, 2.24) is 5.43 Å². The molecule has 0 bridgehead atoms. The van der Waals surface area contributed by atoms with Crippen molar-refractivity contribution < 1.29 is 4.74 Å². The van der Waals surface area contributed by atoms with Crippen LogP contribution in [0.5, 0.6) is 0 Å². The highest BCUT2D eigenvalue weighted by molar-refractivity contribution is 9.10. The molecule has 0 aliphatic carbocycles. The zero-order chi connectivity index (χ0) is 12.2. The van der Waals surface area contributed by atoms with Crippen LogP contribution in [-0.2, 0) is 11.2 Å². The Morgan fingerprint density at radius 3 is 2.75 bits per heavy atom. The van der Waals surface area contributed by atoms with Gasteiger partial charge in [0.15, 0.2) is 0 Å². The first-order valence-corrected chi connectivity index (χ1v) is 7.00. The van der Waals surface area contributed by atoms with Gasteiger partial charge in [-0.1, -0.05) is 0 Å². The second kappa shape index (κ2) is 6.12. The Hall–Kier alpha value is 0.0600. The molecule has 1 aromatic heterocycles. The SMILES string of the molecule is CCOC(C)(C)C(Cc1cc(Br)cs1)NN. The molecule has 0 radical (unpaired) electrons. The fraction of sp³-hybridized carbons (Fsp3) is 0.636. The number of hydrazine groups is 1. The fourth-order valence-electron chi connectivity index (χ4n) is 1.64. The van der Waals surface area contributed by atoms with Gasteiger partial charge in [0, 0.05) is 27.8 Å². The lowest BCUT2D eigenvalue weighted by Crippen LogP contribution is -2.52. The molecule has 0 fully saturated rings. The zero-order valence-electron chi connectivity index (χ0n) is 9.92. The summed E-state index contributed by atoms with van der Waals surface area (Å²) in [4.78, 5) is 1.29. The van der Waals surface area contributed by atoms with Gasteiger partial charge < -0.3 is 4.74 Å². The quantitative estimate of drug-likeness (QED) is 0.627. The second-order valence-electron chi connectivity index (χ2n) is 4.19. The number of halogens is 1. The maximum Gasteiger partial charge on any atom is 0.0795 e. The molecule has 3 N–H and O–H groups in total. The van der Waals surface area contributed by atoms with Gasteiger partial charge in [-0.2, -0.15) is 0 Å². The Bertz CT molecular complexity index is 328. The lowest BCUT2D eigenvalue weighted by Gasteiger charge is -2.33. The monoisotopic (exact) mass is 306 g/mol. The number of nitrogens with one attached hydrogen (secondary N) is 1. The molecule has 0 saturated carbocycles. The molecule has 1 heterocycles. The van der Waals surface area contributed by atoms with E-state index in [1.165, 1.54) is 4.88 Å². The van der Waals surface area contributed by atoms with Crippen LogP contribution in [0.2, 0.25) is 0 Å². The van der Waals surface area contributed by atoms with Crippen LogP contribution in [0.1, 0.15) is 25.6 Å². The van der Waals surface area contributed by atoms with Gasteiger partial charge in [0.1, 0.15) is 0 Å². The van der Waals surface area contributed by atoms with Gasteiger partial charge in [-0.25, -0.2) is 0 Å². The van der Waals surface area contributed by atoms with E-state index in [-0.39, 0.29) is 11.6 Å². The Labute approximate surface area is 109 Å². The van der Waals surface area contributed by atoms with Crippen molar-refractivity contribution in [3.63, 3.8) is 0 Å². The maximum atomic E-state index is 5.71. The smallest absolute Gasteiger partial charge is 0.0795 e. The Morgan fingerprint density at radius 2 is 2.31 bits per heavy atom. The maximum absolute atomic E-state index is 5.71. The molecule has 92 valence electrons. The summed E-state index contributed by atoms with van der Waals surface area (Å²) < 4.78 is 6.83. The van der Waals surface area contributed by atoms with E-state index < -0.39 is 0 Å². The molecular weight excluding hydrogens is 288 g/mol. The molecule has 1 unspecified atom stereocenters. The number of ether oxygens (including phenoxy) is 1. The first-order valence-electron chi connectivity index (χ1n) is 5.32. The van der Waals surface area contributed by atoms with Crippen LogP contribution < -0.4 is 11.3 Å². The third-order valence-electron chi connectivity index (χ3n) is 2.58. The number of hydrogen-bond donors (Lipinski definition) is 2. The minimum atomic E-state index is -0.264. The predicted octanol–water partition coefficient (Wildman–Crippen LogP) is 2.70. The molecule has 0 spiro atoms. The summed E-state index contributed by atoms with van der Waals surface area (Å²) in [6, 6.07) is 2.23. The van der Waals surface area contributed by atoms with E-state index >= 15 is 0 Å². The van der Waals surface area contributed by atoms with E-state index in [0.717, 1.165) is 10.9 Å². The molecule has 1 atom stereocenters.